The van der Waals surface area contributed by atoms with Crippen molar-refractivity contribution < 1.29 is 27.5 Å². The standard InChI is InChI=1S/C15H15F3N2O3/c1-8(2)20-7-11-10(13(20)21)5-9(6-12(11)15(16,17)18)19-3-4-23-14(19)22/h5-6,8H,3-4,7H2,1-2H3. The maximum atomic E-state index is 13.4. The van der Waals surface area contributed by atoms with E-state index < -0.39 is 23.7 Å². The van der Waals surface area contributed by atoms with Gasteiger partial charge in [-0.2, -0.15) is 13.2 Å². The lowest BCUT2D eigenvalue weighted by Crippen LogP contribution is -2.30. The fourth-order valence-electron chi connectivity index (χ4n) is 2.87. The fourth-order valence-corrected chi connectivity index (χ4v) is 2.87. The molecule has 0 saturated carbocycles. The molecule has 5 nitrogen and oxygen atoms in total. The van der Waals surface area contributed by atoms with E-state index in [4.69, 9.17) is 4.74 Å². The lowest BCUT2D eigenvalue weighted by atomic mass is 10.0. The topological polar surface area (TPSA) is 49.9 Å². The van der Waals surface area contributed by atoms with E-state index in [1.54, 1.807) is 13.8 Å². The first-order valence-corrected chi connectivity index (χ1v) is 7.19. The molecule has 1 fully saturated rings. The third-order valence-corrected chi connectivity index (χ3v) is 4.06. The molecule has 0 atom stereocenters. The molecule has 3 rings (SSSR count). The number of amides is 2. The lowest BCUT2D eigenvalue weighted by Gasteiger charge is -2.20. The molecule has 0 spiro atoms. The zero-order valence-electron chi connectivity index (χ0n) is 12.6. The summed E-state index contributed by atoms with van der Waals surface area (Å²) >= 11 is 0. The second-order valence-electron chi connectivity index (χ2n) is 5.81. The maximum absolute atomic E-state index is 13.4. The predicted molar refractivity (Wildman–Crippen MR) is 75.1 cm³/mol. The number of alkyl halides is 3. The van der Waals surface area contributed by atoms with Gasteiger partial charge >= 0.3 is 12.3 Å². The first-order chi connectivity index (χ1) is 10.7. The Bertz CT molecular complexity index is 685. The second-order valence-corrected chi connectivity index (χ2v) is 5.81. The minimum Gasteiger partial charge on any atom is -0.447 e. The number of rotatable bonds is 2. The SMILES string of the molecule is CC(C)N1Cc2c(cc(N3CCOC3=O)cc2C(F)(F)F)C1=O. The summed E-state index contributed by atoms with van der Waals surface area (Å²) < 4.78 is 45.0. The molecule has 0 aliphatic carbocycles. The van der Waals surface area contributed by atoms with Gasteiger partial charge in [-0.05, 0) is 31.5 Å². The predicted octanol–water partition coefficient (Wildman–Crippen LogP) is 3.03. The van der Waals surface area contributed by atoms with Crippen LogP contribution in [0.3, 0.4) is 0 Å². The average molecular weight is 328 g/mol. The van der Waals surface area contributed by atoms with Gasteiger partial charge < -0.3 is 9.64 Å². The fraction of sp³-hybridized carbons (Fsp3) is 0.467. The lowest BCUT2D eigenvalue weighted by molar-refractivity contribution is -0.138. The first-order valence-electron chi connectivity index (χ1n) is 7.19. The molecule has 1 aromatic carbocycles. The largest absolute Gasteiger partial charge is 0.447 e. The van der Waals surface area contributed by atoms with Crippen LogP contribution in [0.1, 0.15) is 35.3 Å². The molecular formula is C15H15F3N2O3. The summed E-state index contributed by atoms with van der Waals surface area (Å²) in [6.45, 7) is 3.69. The van der Waals surface area contributed by atoms with Crippen LogP contribution in [0, 0.1) is 0 Å². The van der Waals surface area contributed by atoms with Gasteiger partial charge in [-0.1, -0.05) is 0 Å². The highest BCUT2D eigenvalue weighted by Gasteiger charge is 2.41. The van der Waals surface area contributed by atoms with E-state index in [-0.39, 0.29) is 42.6 Å². The van der Waals surface area contributed by atoms with Gasteiger partial charge in [-0.3, -0.25) is 9.69 Å². The number of cyclic esters (lactones) is 1. The summed E-state index contributed by atoms with van der Waals surface area (Å²) in [4.78, 5) is 26.5. The Morgan fingerprint density at radius 2 is 1.91 bits per heavy atom. The minimum atomic E-state index is -4.60. The molecule has 2 aliphatic rings. The van der Waals surface area contributed by atoms with Crippen molar-refractivity contribution in [2.75, 3.05) is 18.1 Å². The molecule has 8 heteroatoms. The third-order valence-electron chi connectivity index (χ3n) is 4.06. The van der Waals surface area contributed by atoms with Crippen molar-refractivity contribution in [1.82, 2.24) is 4.90 Å². The normalized spacial score (nSPS) is 18.0. The highest BCUT2D eigenvalue weighted by atomic mass is 19.4. The number of carbonyl (C=O) groups is 2. The molecule has 1 aromatic rings. The van der Waals surface area contributed by atoms with Crippen molar-refractivity contribution in [2.45, 2.75) is 32.6 Å². The molecule has 2 amide bonds. The molecular weight excluding hydrogens is 313 g/mol. The number of hydrogen-bond donors (Lipinski definition) is 0. The molecule has 0 radical (unpaired) electrons. The summed E-state index contributed by atoms with van der Waals surface area (Å²) in [5, 5.41) is 0. The van der Waals surface area contributed by atoms with Crippen molar-refractivity contribution in [2.24, 2.45) is 0 Å². The average Bonchev–Trinajstić information content (AvgIpc) is 3.01. The van der Waals surface area contributed by atoms with Crippen LogP contribution >= 0.6 is 0 Å². The van der Waals surface area contributed by atoms with Crippen molar-refractivity contribution in [3.8, 4) is 0 Å². The highest BCUT2D eigenvalue weighted by Crippen LogP contribution is 2.40. The van der Waals surface area contributed by atoms with Crippen LogP contribution in [-0.2, 0) is 17.5 Å². The molecule has 124 valence electrons. The summed E-state index contributed by atoms with van der Waals surface area (Å²) in [6.07, 6.45) is -5.30. The third kappa shape index (κ3) is 2.51. The summed E-state index contributed by atoms with van der Waals surface area (Å²) in [7, 11) is 0. The minimum absolute atomic E-state index is 0.00299. The Morgan fingerprint density at radius 3 is 2.43 bits per heavy atom. The monoisotopic (exact) mass is 328 g/mol. The zero-order valence-corrected chi connectivity index (χ0v) is 12.6. The Labute approximate surface area is 130 Å². The number of anilines is 1. The van der Waals surface area contributed by atoms with Crippen molar-refractivity contribution in [1.29, 1.82) is 0 Å². The van der Waals surface area contributed by atoms with E-state index >= 15 is 0 Å². The number of halogens is 3. The van der Waals surface area contributed by atoms with Gasteiger partial charge in [0, 0.05) is 23.8 Å². The van der Waals surface area contributed by atoms with Crippen molar-refractivity contribution in [3.63, 3.8) is 0 Å². The van der Waals surface area contributed by atoms with E-state index in [1.165, 1.54) is 11.0 Å². The van der Waals surface area contributed by atoms with E-state index in [9.17, 15) is 22.8 Å². The first kappa shape index (κ1) is 15.6. The number of nitrogens with zero attached hydrogens (tertiary/aromatic N) is 2. The van der Waals surface area contributed by atoms with Crippen LogP contribution in [0.15, 0.2) is 12.1 Å². The number of carbonyl (C=O) groups excluding carboxylic acids is 2. The second kappa shape index (κ2) is 5.14. The van der Waals surface area contributed by atoms with Crippen molar-refractivity contribution in [3.05, 3.63) is 28.8 Å². The van der Waals surface area contributed by atoms with Gasteiger partial charge in [-0.15, -0.1) is 0 Å². The van der Waals surface area contributed by atoms with E-state index in [2.05, 4.69) is 0 Å². The number of ether oxygens (including phenoxy) is 1. The molecule has 0 N–H and O–H groups in total. The van der Waals surface area contributed by atoms with E-state index in [1.807, 2.05) is 0 Å². The van der Waals surface area contributed by atoms with Gasteiger partial charge in [0.2, 0.25) is 0 Å². The maximum Gasteiger partial charge on any atom is 0.416 e. The Morgan fingerprint density at radius 1 is 1.22 bits per heavy atom. The summed E-state index contributed by atoms with van der Waals surface area (Å²) in [5.74, 6) is -0.449. The van der Waals surface area contributed by atoms with Crippen LogP contribution in [0.2, 0.25) is 0 Å². The molecule has 0 bridgehead atoms. The van der Waals surface area contributed by atoms with Crippen LogP contribution in [0.5, 0.6) is 0 Å². The zero-order chi connectivity index (χ0) is 16.9. The molecule has 0 unspecified atom stereocenters. The molecule has 23 heavy (non-hydrogen) atoms. The van der Waals surface area contributed by atoms with Crippen molar-refractivity contribution >= 4 is 17.7 Å². The number of hydrogen-bond acceptors (Lipinski definition) is 3. The number of benzene rings is 1. The van der Waals surface area contributed by atoms with E-state index in [0.29, 0.717) is 0 Å². The highest BCUT2D eigenvalue weighted by molar-refractivity contribution is 6.01. The van der Waals surface area contributed by atoms with Crippen LogP contribution < -0.4 is 4.90 Å². The number of fused-ring (bicyclic) bond motifs is 1. The Balaban J connectivity index is 2.14. The van der Waals surface area contributed by atoms with Gasteiger partial charge in [0.25, 0.3) is 5.91 Å². The molecule has 2 aliphatic heterocycles. The summed E-state index contributed by atoms with van der Waals surface area (Å²) in [6, 6.07) is 2.06. The molecule has 1 saturated heterocycles. The van der Waals surface area contributed by atoms with Gasteiger partial charge in [-0.25, -0.2) is 4.79 Å². The van der Waals surface area contributed by atoms with Gasteiger partial charge in [0.15, 0.2) is 0 Å². The summed E-state index contributed by atoms with van der Waals surface area (Å²) in [5.41, 5.74) is -0.866. The van der Waals surface area contributed by atoms with Gasteiger partial charge in [0.05, 0.1) is 12.1 Å². The Kier molecular flexibility index (Phi) is 3.50. The smallest absolute Gasteiger partial charge is 0.416 e. The van der Waals surface area contributed by atoms with Crippen LogP contribution in [-0.4, -0.2) is 36.1 Å². The quantitative estimate of drug-likeness (QED) is 0.838. The molecule has 2 heterocycles. The Hall–Kier alpha value is -2.25. The van der Waals surface area contributed by atoms with Gasteiger partial charge in [0.1, 0.15) is 6.61 Å². The van der Waals surface area contributed by atoms with Crippen LogP contribution in [0.25, 0.3) is 0 Å². The molecule has 0 aromatic heterocycles. The van der Waals surface area contributed by atoms with Crippen LogP contribution in [0.4, 0.5) is 23.7 Å². The van der Waals surface area contributed by atoms with E-state index in [0.717, 1.165) is 11.0 Å².